The molecule has 0 aromatic carbocycles. The van der Waals surface area contributed by atoms with Gasteiger partial charge in [-0.25, -0.2) is 9.78 Å². The molecule has 5 N–H and O–H groups in total. The maximum Gasteiger partial charge on any atom is 0.326 e. The summed E-state index contributed by atoms with van der Waals surface area (Å²) in [6.07, 6.45) is 3.14. The van der Waals surface area contributed by atoms with Gasteiger partial charge in [0.25, 0.3) is 0 Å². The second-order valence-corrected chi connectivity index (χ2v) is 3.82. The maximum absolute atomic E-state index is 11.5. The minimum absolute atomic E-state index is 0.165. The van der Waals surface area contributed by atoms with Crippen molar-refractivity contribution in [3.8, 4) is 0 Å². The van der Waals surface area contributed by atoms with E-state index in [1.807, 2.05) is 0 Å². The van der Waals surface area contributed by atoms with Gasteiger partial charge in [0.15, 0.2) is 0 Å². The fraction of sp³-hybridized carbons (Fsp3) is 0.500. The Morgan fingerprint density at radius 1 is 1.65 bits per heavy atom. The molecule has 2 unspecified atom stereocenters. The Labute approximate surface area is 98.4 Å². The lowest BCUT2D eigenvalue weighted by Gasteiger charge is -2.16. The summed E-state index contributed by atoms with van der Waals surface area (Å²) in [5.74, 6) is -1.85. The van der Waals surface area contributed by atoms with Crippen LogP contribution >= 0.6 is 0 Å². The number of imidazole rings is 1. The molecular formula is C10H16N4O3. The fourth-order valence-electron chi connectivity index (χ4n) is 1.24. The van der Waals surface area contributed by atoms with E-state index >= 15 is 0 Å². The average Bonchev–Trinajstić information content (AvgIpc) is 2.79. The fourth-order valence-corrected chi connectivity index (χ4v) is 1.24. The molecule has 1 aromatic heterocycles. The first-order chi connectivity index (χ1) is 8.04. The van der Waals surface area contributed by atoms with Crippen molar-refractivity contribution in [2.75, 3.05) is 6.54 Å². The molecule has 0 saturated heterocycles. The number of hydrogen-bond donors (Lipinski definition) is 4. The molecule has 0 aliphatic heterocycles. The standard InChI is InChI=1S/C10H16N4O3/c1-6(3-11)9(15)14-8(10(16)17)2-7-4-12-5-13-7/h4-6,8H,2-3,11H2,1H3,(H,12,13)(H,14,15)(H,16,17). The number of H-pyrrole nitrogens is 1. The second kappa shape index (κ2) is 6.00. The molecule has 17 heavy (non-hydrogen) atoms. The molecule has 7 heteroatoms. The van der Waals surface area contributed by atoms with E-state index < -0.39 is 17.9 Å². The third kappa shape index (κ3) is 3.87. The SMILES string of the molecule is CC(CN)C(=O)NC(Cc1cnc[nH]1)C(=O)O. The molecule has 0 radical (unpaired) electrons. The van der Waals surface area contributed by atoms with Crippen molar-refractivity contribution in [1.29, 1.82) is 0 Å². The van der Waals surface area contributed by atoms with Crippen LogP contribution < -0.4 is 11.1 Å². The number of aromatic nitrogens is 2. The number of amides is 1. The van der Waals surface area contributed by atoms with E-state index in [4.69, 9.17) is 10.8 Å². The van der Waals surface area contributed by atoms with Crippen LogP contribution in [0.15, 0.2) is 12.5 Å². The lowest BCUT2D eigenvalue weighted by Crippen LogP contribution is -2.45. The van der Waals surface area contributed by atoms with Crippen molar-refractivity contribution in [1.82, 2.24) is 15.3 Å². The summed E-state index contributed by atoms with van der Waals surface area (Å²) in [5, 5.41) is 11.4. The number of carbonyl (C=O) groups is 2. The average molecular weight is 240 g/mol. The highest BCUT2D eigenvalue weighted by Crippen LogP contribution is 2.01. The highest BCUT2D eigenvalue weighted by atomic mass is 16.4. The van der Waals surface area contributed by atoms with Gasteiger partial charge in [0.05, 0.1) is 6.33 Å². The summed E-state index contributed by atoms with van der Waals surface area (Å²) in [6, 6.07) is -0.975. The van der Waals surface area contributed by atoms with Crippen LogP contribution in [0.2, 0.25) is 0 Å². The van der Waals surface area contributed by atoms with Gasteiger partial charge in [0.2, 0.25) is 5.91 Å². The third-order valence-corrected chi connectivity index (χ3v) is 2.39. The van der Waals surface area contributed by atoms with E-state index in [2.05, 4.69) is 15.3 Å². The minimum atomic E-state index is -1.09. The van der Waals surface area contributed by atoms with Crippen LogP contribution in [0.1, 0.15) is 12.6 Å². The Kier molecular flexibility index (Phi) is 4.65. The predicted octanol–water partition coefficient (Wildman–Crippen LogP) is -0.884. The van der Waals surface area contributed by atoms with Gasteiger partial charge < -0.3 is 21.1 Å². The van der Waals surface area contributed by atoms with Crippen LogP contribution in [-0.2, 0) is 16.0 Å². The van der Waals surface area contributed by atoms with Gasteiger partial charge in [-0.05, 0) is 0 Å². The zero-order valence-electron chi connectivity index (χ0n) is 9.51. The molecule has 0 saturated carbocycles. The van der Waals surface area contributed by atoms with Crippen LogP contribution in [0.5, 0.6) is 0 Å². The van der Waals surface area contributed by atoms with Gasteiger partial charge in [0, 0.05) is 30.8 Å². The number of aliphatic carboxylic acids is 1. The maximum atomic E-state index is 11.5. The van der Waals surface area contributed by atoms with Gasteiger partial charge in [-0.1, -0.05) is 6.92 Å². The summed E-state index contributed by atoms with van der Waals surface area (Å²) in [7, 11) is 0. The number of carboxylic acid groups (broad SMARTS) is 1. The first-order valence-electron chi connectivity index (χ1n) is 5.25. The van der Waals surface area contributed by atoms with E-state index in [9.17, 15) is 9.59 Å². The van der Waals surface area contributed by atoms with E-state index in [0.29, 0.717) is 5.69 Å². The molecule has 0 bridgehead atoms. The number of nitrogens with two attached hydrogens (primary N) is 1. The Morgan fingerprint density at radius 3 is 2.82 bits per heavy atom. The highest BCUT2D eigenvalue weighted by molar-refractivity contribution is 5.85. The summed E-state index contributed by atoms with van der Waals surface area (Å²) in [6.45, 7) is 1.83. The van der Waals surface area contributed by atoms with Gasteiger partial charge in [-0.2, -0.15) is 0 Å². The van der Waals surface area contributed by atoms with Crippen LogP contribution in [-0.4, -0.2) is 39.5 Å². The molecule has 1 aromatic rings. The quantitative estimate of drug-likeness (QED) is 0.514. The van der Waals surface area contributed by atoms with Crippen molar-refractivity contribution in [2.24, 2.45) is 11.7 Å². The number of carbonyl (C=O) groups excluding carboxylic acids is 1. The Balaban J connectivity index is 2.61. The number of carboxylic acids is 1. The number of rotatable bonds is 6. The molecule has 1 heterocycles. The van der Waals surface area contributed by atoms with E-state index in [1.165, 1.54) is 12.5 Å². The monoisotopic (exact) mass is 240 g/mol. The largest absolute Gasteiger partial charge is 0.480 e. The summed E-state index contributed by atoms with van der Waals surface area (Å²) < 4.78 is 0. The van der Waals surface area contributed by atoms with Crippen molar-refractivity contribution >= 4 is 11.9 Å². The summed E-state index contributed by atoms with van der Waals surface area (Å²) in [5.41, 5.74) is 5.99. The van der Waals surface area contributed by atoms with Crippen LogP contribution in [0.3, 0.4) is 0 Å². The first-order valence-corrected chi connectivity index (χ1v) is 5.25. The Morgan fingerprint density at radius 2 is 2.35 bits per heavy atom. The van der Waals surface area contributed by atoms with Gasteiger partial charge in [-0.15, -0.1) is 0 Å². The van der Waals surface area contributed by atoms with Gasteiger partial charge >= 0.3 is 5.97 Å². The second-order valence-electron chi connectivity index (χ2n) is 3.82. The molecule has 0 spiro atoms. The summed E-state index contributed by atoms with van der Waals surface area (Å²) >= 11 is 0. The van der Waals surface area contributed by atoms with Crippen molar-refractivity contribution < 1.29 is 14.7 Å². The molecule has 0 aliphatic carbocycles. The van der Waals surface area contributed by atoms with Gasteiger partial charge in [0.1, 0.15) is 6.04 Å². The van der Waals surface area contributed by atoms with Crippen LogP contribution in [0.4, 0.5) is 0 Å². The van der Waals surface area contributed by atoms with Crippen LogP contribution in [0.25, 0.3) is 0 Å². The van der Waals surface area contributed by atoms with Gasteiger partial charge in [-0.3, -0.25) is 4.79 Å². The molecule has 1 rings (SSSR count). The number of hydrogen-bond acceptors (Lipinski definition) is 4. The summed E-state index contributed by atoms with van der Waals surface area (Å²) in [4.78, 5) is 29.1. The lowest BCUT2D eigenvalue weighted by atomic mass is 10.1. The first kappa shape index (κ1) is 13.2. The van der Waals surface area contributed by atoms with E-state index in [1.54, 1.807) is 6.92 Å². The molecule has 0 fully saturated rings. The molecule has 94 valence electrons. The predicted molar refractivity (Wildman–Crippen MR) is 60.1 cm³/mol. The molecular weight excluding hydrogens is 224 g/mol. The van der Waals surface area contributed by atoms with Crippen molar-refractivity contribution in [3.05, 3.63) is 18.2 Å². The Hall–Kier alpha value is -1.89. The normalized spacial score (nSPS) is 14.0. The third-order valence-electron chi connectivity index (χ3n) is 2.39. The Bertz CT molecular complexity index is 377. The van der Waals surface area contributed by atoms with Crippen molar-refractivity contribution in [2.45, 2.75) is 19.4 Å². The topological polar surface area (TPSA) is 121 Å². The smallest absolute Gasteiger partial charge is 0.326 e. The lowest BCUT2D eigenvalue weighted by molar-refractivity contribution is -0.142. The minimum Gasteiger partial charge on any atom is -0.480 e. The molecule has 1 amide bonds. The van der Waals surface area contributed by atoms with Crippen LogP contribution in [0, 0.1) is 5.92 Å². The number of aromatic amines is 1. The van der Waals surface area contributed by atoms with E-state index in [-0.39, 0.29) is 18.9 Å². The molecule has 7 nitrogen and oxygen atoms in total. The van der Waals surface area contributed by atoms with Crippen molar-refractivity contribution in [3.63, 3.8) is 0 Å². The zero-order valence-corrected chi connectivity index (χ0v) is 9.51. The molecule has 2 atom stereocenters. The number of nitrogens with one attached hydrogen (secondary N) is 2. The molecule has 0 aliphatic rings. The highest BCUT2D eigenvalue weighted by Gasteiger charge is 2.23. The number of nitrogens with zero attached hydrogens (tertiary/aromatic N) is 1. The van der Waals surface area contributed by atoms with E-state index in [0.717, 1.165) is 0 Å². The zero-order chi connectivity index (χ0) is 12.8.